The van der Waals surface area contributed by atoms with Crippen LogP contribution in [0.1, 0.15) is 38.3 Å². The number of sulfone groups is 1. The Morgan fingerprint density at radius 2 is 1.71 bits per heavy atom. The van der Waals surface area contributed by atoms with Crippen LogP contribution in [0.5, 0.6) is 0 Å². The molecule has 0 spiro atoms. The van der Waals surface area contributed by atoms with Crippen LogP contribution in [0.4, 0.5) is 0 Å². The average molecular weight is 345 g/mol. The lowest BCUT2D eigenvalue weighted by atomic mass is 9.98. The predicted octanol–water partition coefficient (Wildman–Crippen LogP) is 3.32. The van der Waals surface area contributed by atoms with Crippen LogP contribution in [-0.2, 0) is 14.6 Å². The van der Waals surface area contributed by atoms with Gasteiger partial charge in [0.1, 0.15) is 5.25 Å². The first-order chi connectivity index (χ1) is 11.3. The van der Waals surface area contributed by atoms with E-state index in [1.54, 1.807) is 4.90 Å². The van der Waals surface area contributed by atoms with Gasteiger partial charge in [0.15, 0.2) is 9.84 Å². The molecule has 2 atom stereocenters. The molecule has 2 aromatic carbocycles. The van der Waals surface area contributed by atoms with Crippen molar-refractivity contribution in [2.45, 2.75) is 44.0 Å². The van der Waals surface area contributed by atoms with Crippen LogP contribution in [-0.4, -0.2) is 36.8 Å². The van der Waals surface area contributed by atoms with E-state index in [0.29, 0.717) is 0 Å². The molecule has 1 aliphatic rings. The average Bonchev–Trinajstić information content (AvgIpc) is 3.37. The van der Waals surface area contributed by atoms with Crippen molar-refractivity contribution >= 4 is 26.5 Å². The van der Waals surface area contributed by atoms with Crippen molar-refractivity contribution < 1.29 is 13.2 Å². The van der Waals surface area contributed by atoms with Gasteiger partial charge in [0.2, 0.25) is 5.91 Å². The van der Waals surface area contributed by atoms with E-state index in [2.05, 4.69) is 6.07 Å². The van der Waals surface area contributed by atoms with Crippen molar-refractivity contribution in [2.75, 3.05) is 6.26 Å². The Bertz CT molecular complexity index is 866. The molecule has 5 heteroatoms. The normalized spacial score (nSPS) is 17.5. The van der Waals surface area contributed by atoms with Crippen LogP contribution in [0.2, 0.25) is 0 Å². The highest BCUT2D eigenvalue weighted by molar-refractivity contribution is 7.92. The number of amides is 1. The third-order valence-electron chi connectivity index (χ3n) is 4.88. The molecule has 4 nitrogen and oxygen atoms in total. The number of hydrogen-bond donors (Lipinski definition) is 0. The highest BCUT2D eigenvalue weighted by Gasteiger charge is 2.40. The van der Waals surface area contributed by atoms with Gasteiger partial charge in [-0.2, -0.15) is 0 Å². The fourth-order valence-corrected chi connectivity index (χ4v) is 3.69. The number of nitrogens with zero attached hydrogens (tertiary/aromatic N) is 1. The number of carbonyl (C=O) groups excluding carboxylic acids is 1. The summed E-state index contributed by atoms with van der Waals surface area (Å²) in [5.41, 5.74) is 1.06. The van der Waals surface area contributed by atoms with Crippen molar-refractivity contribution in [1.82, 2.24) is 4.90 Å². The molecular formula is C19H23NO3S. The standard InChI is InChI=1S/C19H23NO3S/c1-13(17-10-6-8-15-7-4-5-9-18(15)17)20(16-11-12-16)19(21)14(2)24(3,22)23/h4-10,13-14,16H,11-12H2,1-3H3/t13-,14-/m0/s1. The van der Waals surface area contributed by atoms with Crippen molar-refractivity contribution in [3.8, 4) is 0 Å². The molecule has 0 N–H and O–H groups in total. The van der Waals surface area contributed by atoms with E-state index in [1.165, 1.54) is 6.92 Å². The zero-order chi connectivity index (χ0) is 17.5. The van der Waals surface area contributed by atoms with Crippen LogP contribution in [0.25, 0.3) is 10.8 Å². The Morgan fingerprint density at radius 3 is 2.33 bits per heavy atom. The SMILES string of the molecule is C[C@@H](c1cccc2ccccc12)N(C(=O)[C@H](C)S(C)(=O)=O)C1CC1. The number of benzene rings is 2. The molecule has 3 rings (SSSR count). The molecule has 0 saturated heterocycles. The van der Waals surface area contributed by atoms with E-state index in [1.807, 2.05) is 43.3 Å². The molecule has 0 bridgehead atoms. The van der Waals surface area contributed by atoms with Gasteiger partial charge >= 0.3 is 0 Å². The maximum Gasteiger partial charge on any atom is 0.241 e. The van der Waals surface area contributed by atoms with E-state index in [9.17, 15) is 13.2 Å². The Kier molecular flexibility index (Phi) is 4.38. The summed E-state index contributed by atoms with van der Waals surface area (Å²) in [5, 5.41) is 1.23. The Hall–Kier alpha value is -1.88. The summed E-state index contributed by atoms with van der Waals surface area (Å²) in [5.74, 6) is -0.291. The first-order valence-electron chi connectivity index (χ1n) is 8.29. The monoisotopic (exact) mass is 345 g/mol. The van der Waals surface area contributed by atoms with E-state index < -0.39 is 15.1 Å². The molecule has 128 valence electrons. The van der Waals surface area contributed by atoms with E-state index >= 15 is 0 Å². The maximum atomic E-state index is 12.9. The highest BCUT2D eigenvalue weighted by atomic mass is 32.2. The van der Waals surface area contributed by atoms with Gasteiger partial charge in [-0.25, -0.2) is 8.42 Å². The molecule has 0 aliphatic heterocycles. The topological polar surface area (TPSA) is 54.5 Å². The molecule has 0 radical (unpaired) electrons. The molecule has 2 aromatic rings. The first-order valence-corrected chi connectivity index (χ1v) is 10.2. The minimum absolute atomic E-state index is 0.149. The zero-order valence-corrected chi connectivity index (χ0v) is 15.1. The summed E-state index contributed by atoms with van der Waals surface area (Å²) < 4.78 is 23.7. The predicted molar refractivity (Wildman–Crippen MR) is 96.5 cm³/mol. The third-order valence-corrected chi connectivity index (χ3v) is 6.36. The second-order valence-electron chi connectivity index (χ2n) is 6.69. The lowest BCUT2D eigenvalue weighted by molar-refractivity contribution is -0.133. The molecule has 0 heterocycles. The number of rotatable bonds is 5. The van der Waals surface area contributed by atoms with Crippen molar-refractivity contribution in [3.63, 3.8) is 0 Å². The molecule has 24 heavy (non-hydrogen) atoms. The molecular weight excluding hydrogens is 322 g/mol. The smallest absolute Gasteiger partial charge is 0.241 e. The number of fused-ring (bicyclic) bond motifs is 1. The molecule has 1 fully saturated rings. The third kappa shape index (κ3) is 3.18. The summed E-state index contributed by atoms with van der Waals surface area (Å²) in [4.78, 5) is 14.7. The van der Waals surface area contributed by atoms with Crippen LogP contribution in [0, 0.1) is 0 Å². The fourth-order valence-electron chi connectivity index (χ4n) is 3.20. The Morgan fingerprint density at radius 1 is 1.08 bits per heavy atom. The van der Waals surface area contributed by atoms with Crippen molar-refractivity contribution in [1.29, 1.82) is 0 Å². The molecule has 1 saturated carbocycles. The maximum absolute atomic E-state index is 12.9. The molecule has 0 aromatic heterocycles. The minimum atomic E-state index is -3.40. The van der Waals surface area contributed by atoms with E-state index in [-0.39, 0.29) is 18.0 Å². The number of carbonyl (C=O) groups is 1. The van der Waals surface area contributed by atoms with Crippen LogP contribution in [0.3, 0.4) is 0 Å². The van der Waals surface area contributed by atoms with Gasteiger partial charge in [-0.05, 0) is 43.0 Å². The van der Waals surface area contributed by atoms with Gasteiger partial charge in [0, 0.05) is 12.3 Å². The Balaban J connectivity index is 2.01. The van der Waals surface area contributed by atoms with E-state index in [4.69, 9.17) is 0 Å². The van der Waals surface area contributed by atoms with Gasteiger partial charge in [-0.3, -0.25) is 4.79 Å². The zero-order valence-electron chi connectivity index (χ0n) is 14.3. The lowest BCUT2D eigenvalue weighted by Gasteiger charge is -2.32. The van der Waals surface area contributed by atoms with Gasteiger partial charge < -0.3 is 4.90 Å². The summed E-state index contributed by atoms with van der Waals surface area (Å²) in [7, 11) is -3.40. The summed E-state index contributed by atoms with van der Waals surface area (Å²) in [6, 6.07) is 14.1. The van der Waals surface area contributed by atoms with Crippen LogP contribution >= 0.6 is 0 Å². The largest absolute Gasteiger partial charge is 0.332 e. The van der Waals surface area contributed by atoms with E-state index in [0.717, 1.165) is 35.4 Å². The van der Waals surface area contributed by atoms with Gasteiger partial charge in [-0.1, -0.05) is 42.5 Å². The van der Waals surface area contributed by atoms with Crippen molar-refractivity contribution in [2.24, 2.45) is 0 Å². The van der Waals surface area contributed by atoms with Gasteiger partial charge in [0.25, 0.3) is 0 Å². The van der Waals surface area contributed by atoms with Crippen molar-refractivity contribution in [3.05, 3.63) is 48.0 Å². The van der Waals surface area contributed by atoms with Gasteiger partial charge in [0.05, 0.1) is 6.04 Å². The molecule has 1 amide bonds. The minimum Gasteiger partial charge on any atom is -0.332 e. The highest BCUT2D eigenvalue weighted by Crippen LogP contribution is 2.37. The van der Waals surface area contributed by atoms with Crippen LogP contribution in [0.15, 0.2) is 42.5 Å². The quantitative estimate of drug-likeness (QED) is 0.835. The fraction of sp³-hybridized carbons (Fsp3) is 0.421. The summed E-state index contributed by atoms with van der Waals surface area (Å²) >= 11 is 0. The lowest BCUT2D eigenvalue weighted by Crippen LogP contribution is -2.43. The second-order valence-corrected chi connectivity index (χ2v) is 9.06. The van der Waals surface area contributed by atoms with Crippen LogP contribution < -0.4 is 0 Å². The summed E-state index contributed by atoms with van der Waals surface area (Å²) in [6.45, 7) is 3.48. The van der Waals surface area contributed by atoms with Gasteiger partial charge in [-0.15, -0.1) is 0 Å². The number of hydrogen-bond acceptors (Lipinski definition) is 3. The first kappa shape index (κ1) is 17.0. The molecule has 1 aliphatic carbocycles. The summed E-state index contributed by atoms with van der Waals surface area (Å²) in [6.07, 6.45) is 3.01. The Labute approximate surface area is 143 Å². The molecule has 0 unspecified atom stereocenters. The second kappa shape index (κ2) is 6.20.